The molecule has 0 aliphatic carbocycles. The summed E-state index contributed by atoms with van der Waals surface area (Å²) in [5.74, 6) is 2.73. The monoisotopic (exact) mass is 398 g/mol. The van der Waals surface area contributed by atoms with Gasteiger partial charge in [0.05, 0.1) is 14.2 Å². The fourth-order valence-corrected chi connectivity index (χ4v) is 2.97. The SMILES string of the molecule is COc1ccc(CCNc2nc(C)cc(Nc3cccc(Cl)c3)n2)cc1OC. The Morgan fingerprint density at radius 2 is 1.79 bits per heavy atom. The Bertz CT molecular complexity index is 949. The van der Waals surface area contributed by atoms with Crippen molar-refractivity contribution in [2.45, 2.75) is 13.3 Å². The summed E-state index contributed by atoms with van der Waals surface area (Å²) in [6, 6.07) is 15.3. The van der Waals surface area contributed by atoms with Gasteiger partial charge in [0.25, 0.3) is 0 Å². The maximum absolute atomic E-state index is 6.04. The van der Waals surface area contributed by atoms with Gasteiger partial charge in [-0.3, -0.25) is 0 Å². The van der Waals surface area contributed by atoms with E-state index in [9.17, 15) is 0 Å². The molecule has 0 aliphatic rings. The zero-order valence-electron chi connectivity index (χ0n) is 16.1. The van der Waals surface area contributed by atoms with Gasteiger partial charge in [-0.15, -0.1) is 0 Å². The molecule has 1 aromatic heterocycles. The van der Waals surface area contributed by atoms with Crippen LogP contribution in [0.1, 0.15) is 11.3 Å². The standard InChI is InChI=1S/C21H23ClN4O2/c1-14-11-20(25-17-6-4-5-16(22)13-17)26-21(24-14)23-10-9-15-7-8-18(27-2)19(12-15)28-3/h4-8,11-13H,9-10H2,1-3H3,(H2,23,24,25,26). The zero-order valence-corrected chi connectivity index (χ0v) is 16.9. The lowest BCUT2D eigenvalue weighted by molar-refractivity contribution is 0.354. The predicted molar refractivity (Wildman–Crippen MR) is 113 cm³/mol. The molecule has 0 amide bonds. The molecule has 1 heterocycles. The molecule has 28 heavy (non-hydrogen) atoms. The molecule has 7 heteroatoms. The van der Waals surface area contributed by atoms with Gasteiger partial charge in [0.15, 0.2) is 11.5 Å². The second-order valence-corrected chi connectivity index (χ2v) is 6.66. The maximum Gasteiger partial charge on any atom is 0.224 e. The first-order valence-corrected chi connectivity index (χ1v) is 9.28. The molecule has 0 saturated heterocycles. The summed E-state index contributed by atoms with van der Waals surface area (Å²) >= 11 is 6.04. The Morgan fingerprint density at radius 3 is 2.54 bits per heavy atom. The van der Waals surface area contributed by atoms with E-state index in [2.05, 4.69) is 20.6 Å². The molecular weight excluding hydrogens is 376 g/mol. The van der Waals surface area contributed by atoms with Gasteiger partial charge in [0, 0.05) is 29.0 Å². The third-order valence-corrected chi connectivity index (χ3v) is 4.33. The first kappa shape index (κ1) is 19.8. The van der Waals surface area contributed by atoms with Gasteiger partial charge < -0.3 is 20.1 Å². The Hall–Kier alpha value is -2.99. The number of benzene rings is 2. The van der Waals surface area contributed by atoms with Crippen LogP contribution in [0.15, 0.2) is 48.5 Å². The molecule has 0 saturated carbocycles. The van der Waals surface area contributed by atoms with Crippen LogP contribution in [0.25, 0.3) is 0 Å². The van der Waals surface area contributed by atoms with E-state index >= 15 is 0 Å². The number of nitrogens with zero attached hydrogens (tertiary/aromatic N) is 2. The maximum atomic E-state index is 6.04. The van der Waals surface area contributed by atoms with Crippen molar-refractivity contribution in [3.8, 4) is 11.5 Å². The van der Waals surface area contributed by atoms with Gasteiger partial charge in [0.2, 0.25) is 5.95 Å². The van der Waals surface area contributed by atoms with Crippen molar-refractivity contribution in [1.82, 2.24) is 9.97 Å². The number of hydrogen-bond acceptors (Lipinski definition) is 6. The molecule has 6 nitrogen and oxygen atoms in total. The summed E-state index contributed by atoms with van der Waals surface area (Å²) in [6.07, 6.45) is 0.800. The molecule has 0 radical (unpaired) electrons. The summed E-state index contributed by atoms with van der Waals surface area (Å²) in [4.78, 5) is 8.98. The van der Waals surface area contributed by atoms with Crippen molar-refractivity contribution < 1.29 is 9.47 Å². The highest BCUT2D eigenvalue weighted by molar-refractivity contribution is 6.30. The highest BCUT2D eigenvalue weighted by Crippen LogP contribution is 2.27. The first-order chi connectivity index (χ1) is 13.6. The Balaban J connectivity index is 1.64. The van der Waals surface area contributed by atoms with Crippen LogP contribution in [0.5, 0.6) is 11.5 Å². The van der Waals surface area contributed by atoms with Crippen LogP contribution in [0.3, 0.4) is 0 Å². The number of nitrogens with one attached hydrogen (secondary N) is 2. The van der Waals surface area contributed by atoms with E-state index < -0.39 is 0 Å². The zero-order chi connectivity index (χ0) is 19.9. The lowest BCUT2D eigenvalue weighted by Gasteiger charge is -2.11. The van der Waals surface area contributed by atoms with Crippen molar-refractivity contribution in [3.63, 3.8) is 0 Å². The van der Waals surface area contributed by atoms with E-state index in [0.717, 1.165) is 34.9 Å². The molecule has 3 rings (SSSR count). The summed E-state index contributed by atoms with van der Waals surface area (Å²) in [5.41, 5.74) is 2.88. The predicted octanol–water partition coefficient (Wildman–Crippen LogP) is 4.85. The molecule has 0 spiro atoms. The third kappa shape index (κ3) is 5.27. The van der Waals surface area contributed by atoms with E-state index in [0.29, 0.717) is 23.3 Å². The van der Waals surface area contributed by atoms with Gasteiger partial charge in [-0.05, 0) is 49.2 Å². The van der Waals surface area contributed by atoms with Gasteiger partial charge in [0.1, 0.15) is 5.82 Å². The minimum atomic E-state index is 0.574. The molecule has 3 aromatic rings. The summed E-state index contributed by atoms with van der Waals surface area (Å²) in [7, 11) is 3.26. The average molecular weight is 399 g/mol. The number of rotatable bonds is 8. The molecule has 0 bridgehead atoms. The number of aryl methyl sites for hydroxylation is 1. The lowest BCUT2D eigenvalue weighted by atomic mass is 10.1. The van der Waals surface area contributed by atoms with Gasteiger partial charge >= 0.3 is 0 Å². The van der Waals surface area contributed by atoms with E-state index in [1.165, 1.54) is 0 Å². The van der Waals surface area contributed by atoms with Crippen molar-refractivity contribution in [1.29, 1.82) is 0 Å². The summed E-state index contributed by atoms with van der Waals surface area (Å²) in [6.45, 7) is 2.62. The third-order valence-electron chi connectivity index (χ3n) is 4.10. The van der Waals surface area contributed by atoms with E-state index in [1.807, 2.05) is 55.5 Å². The average Bonchev–Trinajstić information content (AvgIpc) is 2.67. The molecule has 0 unspecified atom stereocenters. The number of hydrogen-bond donors (Lipinski definition) is 2. The van der Waals surface area contributed by atoms with Crippen molar-refractivity contribution in [3.05, 3.63) is 64.8 Å². The number of halogens is 1. The van der Waals surface area contributed by atoms with Gasteiger partial charge in [-0.1, -0.05) is 23.7 Å². The molecule has 146 valence electrons. The molecular formula is C21H23ClN4O2. The highest BCUT2D eigenvalue weighted by atomic mass is 35.5. The van der Waals surface area contributed by atoms with Crippen LogP contribution in [0.2, 0.25) is 5.02 Å². The Morgan fingerprint density at radius 1 is 0.964 bits per heavy atom. The molecule has 0 atom stereocenters. The summed E-state index contributed by atoms with van der Waals surface area (Å²) < 4.78 is 10.6. The van der Waals surface area contributed by atoms with Gasteiger partial charge in [-0.2, -0.15) is 4.98 Å². The molecule has 2 N–H and O–H groups in total. The first-order valence-electron chi connectivity index (χ1n) is 8.90. The van der Waals surface area contributed by atoms with Crippen molar-refractivity contribution in [2.75, 3.05) is 31.4 Å². The molecule has 0 aliphatic heterocycles. The van der Waals surface area contributed by atoms with Crippen LogP contribution < -0.4 is 20.1 Å². The van der Waals surface area contributed by atoms with Crippen molar-refractivity contribution in [2.24, 2.45) is 0 Å². The highest BCUT2D eigenvalue weighted by Gasteiger charge is 2.06. The minimum Gasteiger partial charge on any atom is -0.493 e. The smallest absolute Gasteiger partial charge is 0.224 e. The lowest BCUT2D eigenvalue weighted by Crippen LogP contribution is -2.09. The largest absolute Gasteiger partial charge is 0.493 e. The molecule has 2 aromatic carbocycles. The van der Waals surface area contributed by atoms with Crippen molar-refractivity contribution >= 4 is 29.1 Å². The normalized spacial score (nSPS) is 10.4. The quantitative estimate of drug-likeness (QED) is 0.565. The number of anilines is 3. The van der Waals surface area contributed by atoms with E-state index in [1.54, 1.807) is 14.2 Å². The molecule has 0 fully saturated rings. The fraction of sp³-hybridized carbons (Fsp3) is 0.238. The van der Waals surface area contributed by atoms with Crippen LogP contribution in [-0.4, -0.2) is 30.7 Å². The van der Waals surface area contributed by atoms with Crippen LogP contribution in [0, 0.1) is 6.92 Å². The Labute approximate surface area is 169 Å². The Kier molecular flexibility index (Phi) is 6.55. The number of methoxy groups -OCH3 is 2. The fourth-order valence-electron chi connectivity index (χ4n) is 2.78. The second-order valence-electron chi connectivity index (χ2n) is 6.22. The van der Waals surface area contributed by atoms with E-state index in [4.69, 9.17) is 21.1 Å². The van der Waals surface area contributed by atoms with Crippen LogP contribution in [0.4, 0.5) is 17.5 Å². The van der Waals surface area contributed by atoms with E-state index in [-0.39, 0.29) is 0 Å². The van der Waals surface area contributed by atoms with Crippen LogP contribution >= 0.6 is 11.6 Å². The second kappa shape index (κ2) is 9.28. The minimum absolute atomic E-state index is 0.574. The van der Waals surface area contributed by atoms with Gasteiger partial charge in [-0.25, -0.2) is 4.98 Å². The number of aromatic nitrogens is 2. The number of ether oxygens (including phenoxy) is 2. The van der Waals surface area contributed by atoms with Crippen LogP contribution in [-0.2, 0) is 6.42 Å². The topological polar surface area (TPSA) is 68.3 Å². The summed E-state index contributed by atoms with van der Waals surface area (Å²) in [5, 5.41) is 7.20.